The zero-order valence-corrected chi connectivity index (χ0v) is 42.2. The van der Waals surface area contributed by atoms with Gasteiger partial charge >= 0.3 is 0 Å². The molecule has 0 saturated heterocycles. The Morgan fingerprint density at radius 1 is 0.541 bits per heavy atom. The normalized spacial score (nSPS) is 12.4. The van der Waals surface area contributed by atoms with Crippen molar-refractivity contribution in [3.05, 3.63) is 228 Å². The highest BCUT2D eigenvalue weighted by Crippen LogP contribution is 2.22. The molecule has 0 radical (unpaired) electrons. The molecule has 374 valence electrons. The van der Waals surface area contributed by atoms with E-state index in [-0.39, 0.29) is 21.6 Å². The van der Waals surface area contributed by atoms with E-state index in [0.717, 1.165) is 56.1 Å². The fourth-order valence-corrected chi connectivity index (χ4v) is 8.28. The summed E-state index contributed by atoms with van der Waals surface area (Å²) in [5, 5.41) is 8.01. The minimum Gasteiger partial charge on any atom is -0.744 e. The highest BCUT2D eigenvalue weighted by atomic mass is 32.2. The number of hydrogen-bond donors (Lipinski definition) is 2. The molecule has 4 aromatic heterocycles. The summed E-state index contributed by atoms with van der Waals surface area (Å²) in [5.74, 6) is -0.776. The van der Waals surface area contributed by atoms with Gasteiger partial charge in [0.2, 0.25) is 0 Å². The van der Waals surface area contributed by atoms with Crippen LogP contribution in [0.2, 0.25) is 0 Å². The SMILES string of the molecule is Cc1ccc(S(=O)(=O)[O-])cc1.Cc1ccc(S(=O)([O-])=[OH+])cc1.Cn1c(-c2ccc(/C=C/C=N/NC(=O)c3ccc(C(=O)N/N=C/C=C/c4ccc(-c5c[n+]6ccccc6n5C)cc4)cc3)cc2)c[n+]2ccccc12. The number of hydrazone groups is 2. The predicted molar refractivity (Wildman–Crippen MR) is 284 cm³/mol. The zero-order chi connectivity index (χ0) is 52.8. The fourth-order valence-electron chi connectivity index (χ4n) is 7.33. The standard InChI is InChI=1S/C42H34N8O2.2C7H8O3S/c1-47-37(29-49-27-5-3-11-39(47)49)33-17-13-31(14-18-33)9-7-25-43-45-41(51)35-21-23-36(24-22-35)42(52)46-44-26-8-10-32-15-19-34(20-16-32)38-30-50-28-6-4-12-40(50)48(38)2;2*1-6-2-4-7(5-3-6)11(8,9)10/h3-30H,1-2H3;2*2-5H,1H3,(H,8,9,10)/p+1/b9-7+,10-8+,43-25+,44-26+;;. The van der Waals surface area contributed by atoms with E-state index in [1.807, 2.05) is 86.9 Å². The molecule has 0 saturated carbocycles. The van der Waals surface area contributed by atoms with Gasteiger partial charge in [-0.1, -0.05) is 83.9 Å². The van der Waals surface area contributed by atoms with E-state index in [2.05, 4.69) is 102 Å². The first-order valence-corrected chi connectivity index (χ1v) is 25.6. The number of rotatable bonds is 12. The summed E-state index contributed by atoms with van der Waals surface area (Å²) < 4.78 is 69.2. The number of hydrogen-bond acceptors (Lipinski definition) is 9. The maximum atomic E-state index is 12.5. The van der Waals surface area contributed by atoms with E-state index >= 15 is 0 Å². The maximum absolute atomic E-state index is 12.5. The molecule has 74 heavy (non-hydrogen) atoms. The highest BCUT2D eigenvalue weighted by molar-refractivity contribution is 7.86. The smallest absolute Gasteiger partial charge is 0.286 e. The van der Waals surface area contributed by atoms with Gasteiger partial charge in [0, 0.05) is 46.8 Å². The first-order valence-electron chi connectivity index (χ1n) is 22.7. The molecule has 0 spiro atoms. The van der Waals surface area contributed by atoms with E-state index < -0.39 is 20.2 Å². The molecule has 0 aliphatic heterocycles. The summed E-state index contributed by atoms with van der Waals surface area (Å²) in [4.78, 5) is 24.8. The number of amides is 2. The van der Waals surface area contributed by atoms with Crippen LogP contribution in [0.4, 0.5) is 0 Å². The van der Waals surface area contributed by atoms with Crippen LogP contribution in [0.25, 0.3) is 46.0 Å². The molecule has 0 fully saturated rings. The minimum atomic E-state index is -4.27. The molecule has 16 nitrogen and oxygen atoms in total. The Morgan fingerprint density at radius 3 is 1.27 bits per heavy atom. The number of aromatic nitrogens is 4. The average Bonchev–Trinajstić information content (AvgIpc) is 3.92. The van der Waals surface area contributed by atoms with E-state index in [9.17, 15) is 31.3 Å². The third-order valence-electron chi connectivity index (χ3n) is 11.3. The molecule has 9 aromatic rings. The molecule has 1 atom stereocenters. The summed E-state index contributed by atoms with van der Waals surface area (Å²) in [7, 11) is -4.18. The van der Waals surface area contributed by atoms with E-state index in [1.165, 1.54) is 36.7 Å². The number of pyridine rings is 2. The molecule has 1 unspecified atom stereocenters. The van der Waals surface area contributed by atoms with Crippen molar-refractivity contribution in [2.45, 2.75) is 23.6 Å². The van der Waals surface area contributed by atoms with Crippen LogP contribution < -0.4 is 19.7 Å². The van der Waals surface area contributed by atoms with Crippen molar-refractivity contribution in [3.63, 3.8) is 0 Å². The van der Waals surface area contributed by atoms with Gasteiger partial charge in [-0.05, 0) is 122 Å². The Morgan fingerprint density at radius 2 is 0.919 bits per heavy atom. The Labute approximate surface area is 428 Å². The topological polar surface area (TPSA) is 220 Å². The number of imidazole rings is 2. The first kappa shape index (κ1) is 52.9. The van der Waals surface area contributed by atoms with Crippen molar-refractivity contribution in [1.29, 1.82) is 0 Å². The summed E-state index contributed by atoms with van der Waals surface area (Å²) in [6, 6.07) is 46.7. The lowest BCUT2D eigenvalue weighted by atomic mass is 10.1. The van der Waals surface area contributed by atoms with Crippen molar-refractivity contribution in [2.75, 3.05) is 0 Å². The molecule has 3 N–H and O–H groups in total. The Bertz CT molecular complexity index is 3520. The second-order valence-corrected chi connectivity index (χ2v) is 19.4. The average molecular weight is 1030 g/mol. The molecular formula is C56H51N8O8S2+. The maximum Gasteiger partial charge on any atom is 0.286 e. The van der Waals surface area contributed by atoms with Crippen LogP contribution >= 0.6 is 0 Å². The predicted octanol–water partition coefficient (Wildman–Crippen LogP) is 7.99. The molecule has 2 amide bonds. The van der Waals surface area contributed by atoms with Gasteiger partial charge in [0.1, 0.15) is 27.4 Å². The van der Waals surface area contributed by atoms with Crippen LogP contribution in [-0.2, 0) is 34.3 Å². The summed E-state index contributed by atoms with van der Waals surface area (Å²) in [6.07, 6.45) is 18.7. The van der Waals surface area contributed by atoms with Gasteiger partial charge in [-0.2, -0.15) is 14.4 Å². The molecule has 5 aromatic carbocycles. The van der Waals surface area contributed by atoms with Crippen LogP contribution in [-0.4, -0.2) is 59.3 Å². The molecule has 4 heterocycles. The minimum absolute atomic E-state index is 0.0666. The fraction of sp³-hybridized carbons (Fsp3) is 0.0714. The first-order chi connectivity index (χ1) is 35.4. The number of fused-ring (bicyclic) bond motifs is 2. The Kier molecular flexibility index (Phi) is 17.1. The van der Waals surface area contributed by atoms with E-state index in [4.69, 9.17) is 4.21 Å². The summed E-state index contributed by atoms with van der Waals surface area (Å²) >= 11 is 0. The summed E-state index contributed by atoms with van der Waals surface area (Å²) in [5.41, 5.74) is 16.3. The number of allylic oxidation sites excluding steroid dienone is 2. The van der Waals surface area contributed by atoms with Crippen LogP contribution in [0, 0.1) is 13.8 Å². The lowest BCUT2D eigenvalue weighted by Crippen LogP contribution is -2.19. The van der Waals surface area contributed by atoms with Crippen LogP contribution in [0.5, 0.6) is 0 Å². The van der Waals surface area contributed by atoms with Crippen LogP contribution in [0.3, 0.4) is 0 Å². The van der Waals surface area contributed by atoms with Gasteiger partial charge in [-0.3, -0.25) is 9.59 Å². The molecule has 0 aliphatic rings. The van der Waals surface area contributed by atoms with Crippen molar-refractivity contribution in [1.82, 2.24) is 20.0 Å². The lowest BCUT2D eigenvalue weighted by molar-refractivity contribution is -0.510. The summed E-state index contributed by atoms with van der Waals surface area (Å²) in [6.45, 7) is 3.66. The zero-order valence-electron chi connectivity index (χ0n) is 40.6. The van der Waals surface area contributed by atoms with E-state index in [1.54, 1.807) is 60.7 Å². The number of nitrogens with zero attached hydrogens (tertiary/aromatic N) is 6. The van der Waals surface area contributed by atoms with Gasteiger partial charge in [-0.15, -0.1) is 0 Å². The number of aryl methyl sites for hydroxylation is 4. The monoisotopic (exact) mass is 1030 g/mol. The molecule has 0 bridgehead atoms. The second kappa shape index (κ2) is 24.0. The highest BCUT2D eigenvalue weighted by Gasteiger charge is 2.16. The number of carbonyl (C=O) groups excluding carboxylic acids is 2. The van der Waals surface area contributed by atoms with Crippen molar-refractivity contribution < 1.29 is 44.3 Å². The molecule has 9 rings (SSSR count). The van der Waals surface area contributed by atoms with Crippen LogP contribution in [0.1, 0.15) is 43.0 Å². The van der Waals surface area contributed by atoms with Crippen molar-refractivity contribution in [2.24, 2.45) is 24.3 Å². The largest absolute Gasteiger partial charge is 0.744 e. The van der Waals surface area contributed by atoms with Gasteiger partial charge < -0.3 is 9.11 Å². The molecule has 18 heteroatoms. The second-order valence-electron chi connectivity index (χ2n) is 16.6. The third-order valence-corrected chi connectivity index (χ3v) is 13.1. The molecule has 0 aliphatic carbocycles. The van der Waals surface area contributed by atoms with Gasteiger partial charge in [0.05, 0.1) is 31.4 Å². The number of carbonyl (C=O) groups is 2. The van der Waals surface area contributed by atoms with Gasteiger partial charge in [0.25, 0.3) is 33.2 Å². The number of benzene rings is 5. The third kappa shape index (κ3) is 14.1. The quantitative estimate of drug-likeness (QED) is 0.0403. The lowest BCUT2D eigenvalue weighted by Gasteiger charge is -2.05. The van der Waals surface area contributed by atoms with Crippen molar-refractivity contribution in [3.8, 4) is 22.5 Å². The van der Waals surface area contributed by atoms with E-state index in [0.29, 0.717) is 11.1 Å². The van der Waals surface area contributed by atoms with Gasteiger partial charge in [-0.25, -0.2) is 41.4 Å². The Hall–Kier alpha value is -8.94. The Balaban J connectivity index is 0.000000299. The number of nitrogens with one attached hydrogen (secondary N) is 2. The van der Waals surface area contributed by atoms with Crippen molar-refractivity contribution >= 4 is 67.9 Å². The molecular weight excluding hydrogens is 977 g/mol. The van der Waals surface area contributed by atoms with Crippen LogP contribution in [0.15, 0.2) is 215 Å². The van der Waals surface area contributed by atoms with Gasteiger partial charge in [0.15, 0.2) is 11.4 Å².